The van der Waals surface area contributed by atoms with E-state index in [1.807, 2.05) is 0 Å². The van der Waals surface area contributed by atoms with Crippen LogP contribution in [0.25, 0.3) is 0 Å². The van der Waals surface area contributed by atoms with Gasteiger partial charge in [-0.2, -0.15) is 0 Å². The molecular formula is C15H16BF3O5. The zero-order valence-corrected chi connectivity index (χ0v) is 13.1. The minimum atomic E-state index is -1.05. The van der Waals surface area contributed by atoms with Crippen molar-refractivity contribution < 1.29 is 37.4 Å². The van der Waals surface area contributed by atoms with Gasteiger partial charge in [0, 0.05) is 6.07 Å². The Bertz CT molecular complexity index is 670. The van der Waals surface area contributed by atoms with Gasteiger partial charge in [-0.25, -0.2) is 13.2 Å². The van der Waals surface area contributed by atoms with Gasteiger partial charge in [-0.3, -0.25) is 0 Å². The molecule has 0 aliphatic heterocycles. The van der Waals surface area contributed by atoms with Crippen molar-refractivity contribution in [3.05, 3.63) is 53.3 Å². The first-order valence-electron chi connectivity index (χ1n) is 6.67. The van der Waals surface area contributed by atoms with Crippen LogP contribution in [0.1, 0.15) is 5.56 Å². The molecule has 9 heteroatoms. The van der Waals surface area contributed by atoms with E-state index in [0.717, 1.165) is 12.1 Å². The van der Waals surface area contributed by atoms with Gasteiger partial charge in [0.05, 0.1) is 19.8 Å². The van der Waals surface area contributed by atoms with E-state index in [2.05, 4.69) is 0 Å². The summed E-state index contributed by atoms with van der Waals surface area (Å²) in [5.41, 5.74) is -0.0659. The highest BCUT2D eigenvalue weighted by Gasteiger charge is 2.16. The Kier molecular flexibility index (Phi) is 7.94. The van der Waals surface area contributed by atoms with Crippen LogP contribution in [0.5, 0.6) is 17.2 Å². The van der Waals surface area contributed by atoms with E-state index >= 15 is 0 Å². The smallest absolute Gasteiger partial charge is 0.432 e. The molecule has 0 unspecified atom stereocenters. The van der Waals surface area contributed by atoms with Gasteiger partial charge in [0.2, 0.25) is 0 Å². The highest BCUT2D eigenvalue weighted by molar-refractivity contribution is 6.13. The molecule has 5 nitrogen and oxygen atoms in total. The molecule has 0 aliphatic rings. The molecule has 2 aromatic carbocycles. The van der Waals surface area contributed by atoms with Crippen LogP contribution in [0.3, 0.4) is 0 Å². The second kappa shape index (κ2) is 9.69. The summed E-state index contributed by atoms with van der Waals surface area (Å²) in [6, 6.07) is 5.93. The summed E-state index contributed by atoms with van der Waals surface area (Å²) >= 11 is 0. The molecule has 0 amide bonds. The zero-order chi connectivity index (χ0) is 18.1. The minimum Gasteiger partial charge on any atom is -0.496 e. The largest absolute Gasteiger partial charge is 0.496 e. The van der Waals surface area contributed by atoms with Crippen LogP contribution in [-0.2, 0) is 6.61 Å². The lowest BCUT2D eigenvalue weighted by Crippen LogP contribution is -2.04. The Labute approximate surface area is 137 Å². The van der Waals surface area contributed by atoms with Crippen molar-refractivity contribution in [3.63, 3.8) is 0 Å². The number of hydrogen-bond donors (Lipinski definition) is 2. The van der Waals surface area contributed by atoms with Crippen molar-refractivity contribution in [1.82, 2.24) is 0 Å². The van der Waals surface area contributed by atoms with Crippen LogP contribution in [0.4, 0.5) is 13.2 Å². The van der Waals surface area contributed by atoms with Crippen LogP contribution in [0.15, 0.2) is 30.3 Å². The van der Waals surface area contributed by atoms with Gasteiger partial charge in [-0.15, -0.1) is 0 Å². The van der Waals surface area contributed by atoms with Crippen molar-refractivity contribution >= 4 is 7.69 Å². The normalized spacial score (nSPS) is 9.62. The van der Waals surface area contributed by atoms with Crippen molar-refractivity contribution in [2.75, 3.05) is 14.2 Å². The summed E-state index contributed by atoms with van der Waals surface area (Å²) in [4.78, 5) is 0. The van der Waals surface area contributed by atoms with E-state index < -0.39 is 25.1 Å². The molecule has 2 rings (SSSR count). The molecule has 0 atom stereocenters. The first-order valence-corrected chi connectivity index (χ1v) is 6.67. The topological polar surface area (TPSA) is 68.2 Å². The van der Waals surface area contributed by atoms with Crippen LogP contribution in [0, 0.1) is 17.5 Å². The van der Waals surface area contributed by atoms with E-state index in [-0.39, 0.29) is 29.4 Å². The molecule has 0 radical (unpaired) electrons. The van der Waals surface area contributed by atoms with Gasteiger partial charge in [-0.05, 0) is 24.3 Å². The highest BCUT2D eigenvalue weighted by Crippen LogP contribution is 2.30. The Hall–Kier alpha value is -2.39. The second-order valence-corrected chi connectivity index (χ2v) is 4.27. The Morgan fingerprint density at radius 3 is 2.08 bits per heavy atom. The standard InChI is InChI=1S/C15H13F3O3.BH3O2/c1-19-12-6-4-11(17)15(18)10(12)8-21-13-5-3-9(16)7-14(13)20-2;2-1-3/h3-7H,8H2,1-2H3;1-3H. The molecule has 0 spiro atoms. The molecule has 0 saturated heterocycles. The average Bonchev–Trinajstić information content (AvgIpc) is 2.57. The third kappa shape index (κ3) is 5.07. The fourth-order valence-corrected chi connectivity index (χ4v) is 1.81. The number of methoxy groups -OCH3 is 2. The number of halogens is 3. The van der Waals surface area contributed by atoms with E-state index in [1.165, 1.54) is 32.4 Å². The Balaban J connectivity index is 0.000000891. The Morgan fingerprint density at radius 1 is 0.917 bits per heavy atom. The Morgan fingerprint density at radius 2 is 1.50 bits per heavy atom. The molecule has 24 heavy (non-hydrogen) atoms. The summed E-state index contributed by atoms with van der Waals surface area (Å²) in [5.74, 6) is -2.00. The van der Waals surface area contributed by atoms with E-state index in [0.29, 0.717) is 0 Å². The molecule has 0 fully saturated rings. The maximum atomic E-state index is 13.8. The lowest BCUT2D eigenvalue weighted by atomic mass is 10.2. The van der Waals surface area contributed by atoms with Crippen LogP contribution < -0.4 is 14.2 Å². The van der Waals surface area contributed by atoms with Gasteiger partial charge in [-0.1, -0.05) is 0 Å². The lowest BCUT2D eigenvalue weighted by molar-refractivity contribution is 0.269. The zero-order valence-electron chi connectivity index (χ0n) is 13.1. The fourth-order valence-electron chi connectivity index (χ4n) is 1.81. The monoisotopic (exact) mass is 344 g/mol. The minimum absolute atomic E-state index is 0.0659. The average molecular weight is 344 g/mol. The molecular weight excluding hydrogens is 328 g/mol. The van der Waals surface area contributed by atoms with Crippen LogP contribution in [-0.4, -0.2) is 32.0 Å². The van der Waals surface area contributed by atoms with Crippen LogP contribution in [0.2, 0.25) is 0 Å². The van der Waals surface area contributed by atoms with Crippen molar-refractivity contribution in [2.24, 2.45) is 0 Å². The first-order chi connectivity index (χ1) is 11.5. The molecule has 0 aliphatic carbocycles. The quantitative estimate of drug-likeness (QED) is 0.812. The van der Waals surface area contributed by atoms with Gasteiger partial charge in [0.25, 0.3) is 0 Å². The maximum Gasteiger partial charge on any atom is 0.432 e. The highest BCUT2D eigenvalue weighted by atomic mass is 19.2. The number of ether oxygens (including phenoxy) is 3. The third-order valence-electron chi connectivity index (χ3n) is 2.87. The molecule has 0 heterocycles. The predicted molar refractivity (Wildman–Crippen MR) is 81.8 cm³/mol. The molecule has 0 aromatic heterocycles. The summed E-state index contributed by atoms with van der Waals surface area (Å²) < 4.78 is 55.4. The van der Waals surface area contributed by atoms with Crippen molar-refractivity contribution in [2.45, 2.75) is 6.61 Å². The molecule has 0 bridgehead atoms. The summed E-state index contributed by atoms with van der Waals surface area (Å²) in [6.07, 6.45) is 0. The number of hydrogen-bond acceptors (Lipinski definition) is 5. The molecule has 2 N–H and O–H groups in total. The van der Waals surface area contributed by atoms with E-state index in [1.54, 1.807) is 0 Å². The summed E-state index contributed by atoms with van der Waals surface area (Å²) in [6.45, 7) is -0.283. The van der Waals surface area contributed by atoms with Crippen molar-refractivity contribution in [3.8, 4) is 17.2 Å². The SMILES string of the molecule is COc1cc(F)ccc1OCc1c(OC)ccc(F)c1F.OBO. The maximum absolute atomic E-state index is 13.8. The lowest BCUT2D eigenvalue weighted by Gasteiger charge is -2.13. The summed E-state index contributed by atoms with van der Waals surface area (Å²) in [5, 5.41) is 14.2. The molecule has 0 saturated carbocycles. The third-order valence-corrected chi connectivity index (χ3v) is 2.87. The predicted octanol–water partition coefficient (Wildman–Crippen LogP) is 1.94. The number of rotatable bonds is 5. The van der Waals surface area contributed by atoms with E-state index in [4.69, 9.17) is 24.3 Å². The van der Waals surface area contributed by atoms with Gasteiger partial charge in [0.1, 0.15) is 18.2 Å². The van der Waals surface area contributed by atoms with Gasteiger partial charge >= 0.3 is 7.69 Å². The second-order valence-electron chi connectivity index (χ2n) is 4.27. The van der Waals surface area contributed by atoms with Gasteiger partial charge in [0.15, 0.2) is 23.1 Å². The van der Waals surface area contributed by atoms with Gasteiger partial charge < -0.3 is 24.3 Å². The number of benzene rings is 2. The van der Waals surface area contributed by atoms with E-state index in [9.17, 15) is 13.2 Å². The molecule has 2 aromatic rings. The fraction of sp³-hybridized carbons (Fsp3) is 0.200. The molecule has 130 valence electrons. The summed E-state index contributed by atoms with van der Waals surface area (Å²) in [7, 11) is 1.94. The first kappa shape index (κ1) is 19.7. The van der Waals surface area contributed by atoms with Crippen molar-refractivity contribution in [1.29, 1.82) is 0 Å². The van der Waals surface area contributed by atoms with Crippen LogP contribution >= 0.6 is 0 Å².